The Morgan fingerprint density at radius 3 is 2.55 bits per heavy atom. The highest BCUT2D eigenvalue weighted by Crippen LogP contribution is 2.70. The minimum atomic E-state index is -1.65. The number of benzene rings is 2. The lowest BCUT2D eigenvalue weighted by Gasteiger charge is -2.49. The standard InChI is InChI=1S/C30H34O14/c1-11-6-13-18(20(35)17-12(23(13)38-2)4-3-5-14(17)33)24-16(11)25-26-28(8-32,42-24)29(9-40-29)30(43-25,44-26)10-39-27-22(37)21(36)19(34)15(7-31)41-27/h6,15,19,21-22,25-27,31-32,34-37H,3-5,7-10H2,1-2H3/t15-,19-,21+,22-,25?,26?,27-,28-,29+,30?/m1/s1. The fourth-order valence-electron chi connectivity index (χ4n) is 8.09. The van der Waals surface area contributed by atoms with Gasteiger partial charge in [-0.05, 0) is 31.4 Å². The summed E-state index contributed by atoms with van der Waals surface area (Å²) >= 11 is 0. The predicted molar refractivity (Wildman–Crippen MR) is 144 cm³/mol. The summed E-state index contributed by atoms with van der Waals surface area (Å²) in [6.07, 6.45) is -7.68. The molecule has 2 aromatic rings. The maximum absolute atomic E-state index is 13.0. The SMILES string of the molecule is COc1c2c(c(O)c3c4c(c(C)cc13)C1OC3(CO[C@@H]5O[C@H](CO)[C@@H](O)[C@H](O)[C@H]5O)OC1[C@@](CO)(O4)[C@@]31CO1)C(=O)CCC2. The Hall–Kier alpha value is -2.63. The van der Waals surface area contributed by atoms with Crippen molar-refractivity contribution >= 4 is 16.6 Å². The van der Waals surface area contributed by atoms with Crippen molar-refractivity contribution in [3.05, 3.63) is 28.3 Å². The number of hydrogen-bond acceptors (Lipinski definition) is 14. The summed E-state index contributed by atoms with van der Waals surface area (Å²) in [6, 6.07) is 1.84. The molecule has 4 saturated heterocycles. The number of fused-ring (bicyclic) bond motifs is 8. The van der Waals surface area contributed by atoms with Crippen LogP contribution in [0.2, 0.25) is 0 Å². The van der Waals surface area contributed by atoms with Crippen molar-refractivity contribution in [2.45, 2.75) is 86.1 Å². The zero-order chi connectivity index (χ0) is 30.9. The lowest BCUT2D eigenvalue weighted by Crippen LogP contribution is -2.69. The van der Waals surface area contributed by atoms with E-state index in [4.69, 9.17) is 33.2 Å². The number of phenolic OH excluding ortho intramolecular Hbond substituents is 1. The molecular formula is C30H34O14. The minimum absolute atomic E-state index is 0.0527. The molecule has 0 saturated carbocycles. The topological polar surface area (TPSA) is 206 Å². The first-order valence-electron chi connectivity index (χ1n) is 14.7. The molecule has 14 heteroatoms. The molecule has 5 heterocycles. The van der Waals surface area contributed by atoms with Gasteiger partial charge in [-0.2, -0.15) is 0 Å². The minimum Gasteiger partial charge on any atom is -0.506 e. The Morgan fingerprint density at radius 2 is 1.86 bits per heavy atom. The Bertz CT molecular complexity index is 1570. The van der Waals surface area contributed by atoms with Crippen LogP contribution in [0.15, 0.2) is 6.07 Å². The second-order valence-electron chi connectivity index (χ2n) is 12.5. The zero-order valence-corrected chi connectivity index (χ0v) is 24.0. The highest BCUT2D eigenvalue weighted by Gasteiger charge is 2.90. The summed E-state index contributed by atoms with van der Waals surface area (Å²) in [5, 5.41) is 63.9. The van der Waals surface area contributed by atoms with E-state index in [2.05, 4.69) is 0 Å². The Balaban J connectivity index is 1.23. The fourth-order valence-corrected chi connectivity index (χ4v) is 8.09. The van der Waals surface area contributed by atoms with Crippen molar-refractivity contribution in [3.63, 3.8) is 0 Å². The van der Waals surface area contributed by atoms with Crippen molar-refractivity contribution < 1.29 is 68.6 Å². The van der Waals surface area contributed by atoms with Gasteiger partial charge in [-0.15, -0.1) is 0 Å². The van der Waals surface area contributed by atoms with E-state index in [1.165, 1.54) is 7.11 Å². The molecule has 8 rings (SSSR count). The number of carbonyl (C=O) groups is 1. The summed E-state index contributed by atoms with van der Waals surface area (Å²) < 4.78 is 42.9. The first kappa shape index (κ1) is 28.8. The molecule has 2 aromatic carbocycles. The van der Waals surface area contributed by atoms with Gasteiger partial charge < -0.3 is 63.8 Å². The third kappa shape index (κ3) is 3.31. The number of aliphatic hydroxyl groups excluding tert-OH is 5. The van der Waals surface area contributed by atoms with Crippen molar-refractivity contribution in [1.29, 1.82) is 0 Å². The highest BCUT2D eigenvalue weighted by molar-refractivity contribution is 6.11. The molecule has 1 spiro atoms. The number of hydrogen-bond donors (Lipinski definition) is 6. The van der Waals surface area contributed by atoms with Gasteiger partial charge in [0.25, 0.3) is 0 Å². The quantitative estimate of drug-likeness (QED) is 0.221. The van der Waals surface area contributed by atoms with Gasteiger partial charge in [0, 0.05) is 22.9 Å². The molecule has 6 aliphatic rings. The molecule has 10 atom stereocenters. The first-order chi connectivity index (χ1) is 21.1. The summed E-state index contributed by atoms with van der Waals surface area (Å²) in [6.45, 7) is 0.326. The molecule has 3 unspecified atom stereocenters. The molecule has 2 bridgehead atoms. The van der Waals surface area contributed by atoms with Crippen LogP contribution >= 0.6 is 0 Å². The Kier molecular flexibility index (Phi) is 6.19. The molecule has 0 aromatic heterocycles. The number of epoxide rings is 1. The third-order valence-electron chi connectivity index (χ3n) is 10.3. The van der Waals surface area contributed by atoms with Crippen LogP contribution in [-0.4, -0.2) is 124 Å². The van der Waals surface area contributed by atoms with E-state index in [-0.39, 0.29) is 34.8 Å². The molecule has 0 radical (unpaired) electrons. The number of aromatic hydroxyl groups is 1. The van der Waals surface area contributed by atoms with E-state index in [1.807, 2.05) is 13.0 Å². The second kappa shape index (κ2) is 9.45. The lowest BCUT2D eigenvalue weighted by atomic mass is 9.72. The van der Waals surface area contributed by atoms with Gasteiger partial charge in [0.05, 0.1) is 37.9 Å². The molecule has 4 fully saturated rings. The van der Waals surface area contributed by atoms with Crippen LogP contribution in [0.1, 0.15) is 46.0 Å². The average Bonchev–Trinajstić information content (AvgIpc) is 3.68. The molecule has 238 valence electrons. The van der Waals surface area contributed by atoms with E-state index in [0.29, 0.717) is 41.5 Å². The van der Waals surface area contributed by atoms with Crippen LogP contribution in [0, 0.1) is 6.92 Å². The van der Waals surface area contributed by atoms with Crippen LogP contribution in [0.3, 0.4) is 0 Å². The van der Waals surface area contributed by atoms with E-state index in [1.54, 1.807) is 0 Å². The number of rotatable bonds is 6. The van der Waals surface area contributed by atoms with E-state index in [9.17, 15) is 35.4 Å². The summed E-state index contributed by atoms with van der Waals surface area (Å²) in [5.41, 5.74) is -0.752. The zero-order valence-electron chi connectivity index (χ0n) is 24.0. The number of aryl methyl sites for hydroxylation is 1. The monoisotopic (exact) mass is 618 g/mol. The van der Waals surface area contributed by atoms with E-state index in [0.717, 1.165) is 5.56 Å². The molecular weight excluding hydrogens is 584 g/mol. The number of carbonyl (C=O) groups excluding carboxylic acids is 1. The van der Waals surface area contributed by atoms with Crippen LogP contribution < -0.4 is 9.47 Å². The van der Waals surface area contributed by atoms with Crippen molar-refractivity contribution in [3.8, 4) is 17.2 Å². The molecule has 0 amide bonds. The van der Waals surface area contributed by atoms with Gasteiger partial charge in [-0.1, -0.05) is 0 Å². The Morgan fingerprint density at radius 1 is 1.09 bits per heavy atom. The van der Waals surface area contributed by atoms with Crippen molar-refractivity contribution in [2.24, 2.45) is 0 Å². The number of methoxy groups -OCH3 is 1. The van der Waals surface area contributed by atoms with Gasteiger partial charge in [0.2, 0.25) is 5.79 Å². The molecule has 1 aliphatic carbocycles. The largest absolute Gasteiger partial charge is 0.506 e. The number of aliphatic hydroxyl groups is 5. The Labute approximate surface area is 250 Å². The van der Waals surface area contributed by atoms with Crippen LogP contribution in [0.5, 0.6) is 17.2 Å². The van der Waals surface area contributed by atoms with Gasteiger partial charge >= 0.3 is 0 Å². The number of ether oxygens (including phenoxy) is 7. The number of ketones is 1. The van der Waals surface area contributed by atoms with E-state index < -0.39 is 79.7 Å². The first-order valence-corrected chi connectivity index (χ1v) is 14.7. The fraction of sp³-hybridized carbons (Fsp3) is 0.633. The second-order valence-corrected chi connectivity index (χ2v) is 12.5. The molecule has 5 aliphatic heterocycles. The van der Waals surface area contributed by atoms with Crippen molar-refractivity contribution in [2.75, 3.05) is 33.5 Å². The molecule has 44 heavy (non-hydrogen) atoms. The van der Waals surface area contributed by atoms with Crippen molar-refractivity contribution in [1.82, 2.24) is 0 Å². The summed E-state index contributed by atoms with van der Waals surface area (Å²) in [4.78, 5) is 13.0. The van der Waals surface area contributed by atoms with Crippen LogP contribution in [0.25, 0.3) is 10.8 Å². The normalized spacial score (nSPS) is 41.5. The number of Topliss-reactive ketones (excluding diaryl/α,β-unsaturated/α-hetero) is 1. The smallest absolute Gasteiger partial charge is 0.229 e. The third-order valence-corrected chi connectivity index (χ3v) is 10.3. The highest BCUT2D eigenvalue weighted by atomic mass is 16.8. The maximum atomic E-state index is 13.0. The van der Waals surface area contributed by atoms with E-state index >= 15 is 0 Å². The van der Waals surface area contributed by atoms with Gasteiger partial charge in [-0.25, -0.2) is 0 Å². The lowest BCUT2D eigenvalue weighted by molar-refractivity contribution is -0.328. The van der Waals surface area contributed by atoms with Gasteiger partial charge in [0.15, 0.2) is 23.3 Å². The van der Waals surface area contributed by atoms with Crippen LogP contribution in [-0.2, 0) is 30.1 Å². The number of phenols is 1. The van der Waals surface area contributed by atoms with Gasteiger partial charge in [0.1, 0.15) is 60.5 Å². The predicted octanol–water partition coefficient (Wildman–Crippen LogP) is -0.743. The summed E-state index contributed by atoms with van der Waals surface area (Å²) in [5.74, 6) is -1.35. The molecule has 14 nitrogen and oxygen atoms in total. The average molecular weight is 619 g/mol. The van der Waals surface area contributed by atoms with Gasteiger partial charge in [-0.3, -0.25) is 4.79 Å². The van der Waals surface area contributed by atoms with Crippen LogP contribution in [0.4, 0.5) is 0 Å². The summed E-state index contributed by atoms with van der Waals surface area (Å²) in [7, 11) is 1.52. The molecule has 6 N–H and O–H groups in total. The maximum Gasteiger partial charge on any atom is 0.229 e.